The van der Waals surface area contributed by atoms with Gasteiger partial charge in [0, 0.05) is 18.7 Å². The van der Waals surface area contributed by atoms with E-state index < -0.39 is 0 Å². The van der Waals surface area contributed by atoms with Gasteiger partial charge in [0.05, 0.1) is 12.8 Å². The predicted molar refractivity (Wildman–Crippen MR) is 60.3 cm³/mol. The van der Waals surface area contributed by atoms with E-state index >= 15 is 0 Å². The minimum atomic E-state index is 0.568. The minimum Gasteiger partial charge on any atom is -0.468 e. The maximum Gasteiger partial charge on any atom is 0.118 e. The van der Waals surface area contributed by atoms with Crippen LogP contribution >= 0.6 is 0 Å². The van der Waals surface area contributed by atoms with Crippen LogP contribution in [0.3, 0.4) is 0 Å². The molecule has 1 heterocycles. The maximum atomic E-state index is 5.54. The Labute approximate surface area is 91.2 Å². The number of hydrogen-bond acceptors (Lipinski definition) is 3. The van der Waals surface area contributed by atoms with Crippen molar-refractivity contribution in [2.24, 2.45) is 11.7 Å². The van der Waals surface area contributed by atoms with Crippen LogP contribution in [0.15, 0.2) is 16.7 Å². The van der Waals surface area contributed by atoms with E-state index in [0.29, 0.717) is 6.54 Å². The second kappa shape index (κ2) is 4.81. The van der Waals surface area contributed by atoms with E-state index in [1.54, 1.807) is 6.26 Å². The Balaban J connectivity index is 1.86. The third kappa shape index (κ3) is 3.08. The van der Waals surface area contributed by atoms with Gasteiger partial charge in [-0.15, -0.1) is 0 Å². The zero-order chi connectivity index (χ0) is 10.7. The van der Waals surface area contributed by atoms with E-state index in [2.05, 4.69) is 17.9 Å². The number of rotatable bonds is 6. The van der Waals surface area contributed by atoms with E-state index in [1.807, 2.05) is 0 Å². The highest BCUT2D eigenvalue weighted by Gasteiger charge is 2.23. The molecule has 15 heavy (non-hydrogen) atoms. The summed E-state index contributed by atoms with van der Waals surface area (Å²) in [6.45, 7) is 6.00. The van der Waals surface area contributed by atoms with Crippen molar-refractivity contribution in [3.05, 3.63) is 23.7 Å². The van der Waals surface area contributed by atoms with Gasteiger partial charge in [0.15, 0.2) is 0 Å². The first-order valence-corrected chi connectivity index (χ1v) is 5.80. The van der Waals surface area contributed by atoms with Crippen LogP contribution in [-0.2, 0) is 13.1 Å². The van der Waals surface area contributed by atoms with E-state index in [0.717, 1.165) is 30.3 Å². The molecule has 1 aromatic heterocycles. The molecule has 1 aromatic rings. The van der Waals surface area contributed by atoms with Gasteiger partial charge in [-0.1, -0.05) is 6.92 Å². The van der Waals surface area contributed by atoms with Crippen LogP contribution in [0.4, 0.5) is 0 Å². The summed E-state index contributed by atoms with van der Waals surface area (Å²) in [6.07, 6.45) is 4.58. The van der Waals surface area contributed by atoms with Gasteiger partial charge < -0.3 is 10.2 Å². The summed E-state index contributed by atoms with van der Waals surface area (Å²) in [6, 6.07) is 2.07. The number of furan rings is 1. The Morgan fingerprint density at radius 2 is 2.33 bits per heavy atom. The molecule has 1 aliphatic rings. The fourth-order valence-electron chi connectivity index (χ4n) is 1.81. The van der Waals surface area contributed by atoms with Crippen LogP contribution in [0.25, 0.3) is 0 Å². The fourth-order valence-corrected chi connectivity index (χ4v) is 1.81. The molecule has 0 spiro atoms. The van der Waals surface area contributed by atoms with Crippen LogP contribution in [0, 0.1) is 5.92 Å². The smallest absolute Gasteiger partial charge is 0.118 e. The molecule has 1 saturated carbocycles. The quantitative estimate of drug-likeness (QED) is 0.777. The largest absolute Gasteiger partial charge is 0.468 e. The zero-order valence-corrected chi connectivity index (χ0v) is 9.41. The molecular formula is C12H20N2O. The highest BCUT2D eigenvalue weighted by atomic mass is 16.3. The monoisotopic (exact) mass is 208 g/mol. The minimum absolute atomic E-state index is 0.568. The van der Waals surface area contributed by atoms with Crippen LogP contribution in [0.1, 0.15) is 31.1 Å². The SMILES string of the molecule is CCN(Cc1cc(CN)co1)CC1CC1. The van der Waals surface area contributed by atoms with Crippen LogP contribution in [0.2, 0.25) is 0 Å². The topological polar surface area (TPSA) is 42.4 Å². The van der Waals surface area contributed by atoms with Gasteiger partial charge >= 0.3 is 0 Å². The molecule has 3 nitrogen and oxygen atoms in total. The van der Waals surface area contributed by atoms with E-state index in [1.165, 1.54) is 19.4 Å². The zero-order valence-electron chi connectivity index (χ0n) is 9.41. The lowest BCUT2D eigenvalue weighted by Gasteiger charge is -2.18. The Kier molecular flexibility index (Phi) is 3.44. The summed E-state index contributed by atoms with van der Waals surface area (Å²) in [4.78, 5) is 2.44. The standard InChI is InChI=1S/C12H20N2O/c1-2-14(7-10-3-4-10)8-12-5-11(6-13)9-15-12/h5,9-10H,2-4,6-8,13H2,1H3. The van der Waals surface area contributed by atoms with Gasteiger partial charge in [-0.3, -0.25) is 4.90 Å². The lowest BCUT2D eigenvalue weighted by atomic mass is 10.3. The Morgan fingerprint density at radius 3 is 2.87 bits per heavy atom. The van der Waals surface area contributed by atoms with Gasteiger partial charge in [-0.2, -0.15) is 0 Å². The van der Waals surface area contributed by atoms with Crippen LogP contribution in [-0.4, -0.2) is 18.0 Å². The van der Waals surface area contributed by atoms with Crippen molar-refractivity contribution in [2.75, 3.05) is 13.1 Å². The summed E-state index contributed by atoms with van der Waals surface area (Å²) in [5.41, 5.74) is 6.63. The Morgan fingerprint density at radius 1 is 1.53 bits per heavy atom. The second-order valence-corrected chi connectivity index (χ2v) is 4.40. The summed E-state index contributed by atoms with van der Waals surface area (Å²) >= 11 is 0. The molecule has 1 fully saturated rings. The van der Waals surface area contributed by atoms with Gasteiger partial charge in [-0.25, -0.2) is 0 Å². The number of nitrogens with zero attached hydrogens (tertiary/aromatic N) is 1. The van der Waals surface area contributed by atoms with E-state index in [9.17, 15) is 0 Å². The Hall–Kier alpha value is -0.800. The first-order valence-electron chi connectivity index (χ1n) is 5.80. The van der Waals surface area contributed by atoms with Crippen LogP contribution in [0.5, 0.6) is 0 Å². The molecule has 3 heteroatoms. The highest BCUT2D eigenvalue weighted by molar-refractivity contribution is 5.12. The summed E-state index contributed by atoms with van der Waals surface area (Å²) < 4.78 is 5.47. The van der Waals surface area contributed by atoms with Crippen LogP contribution < -0.4 is 5.73 Å². The van der Waals surface area contributed by atoms with Crippen molar-refractivity contribution in [3.63, 3.8) is 0 Å². The average Bonchev–Trinajstić information content (AvgIpc) is 2.95. The number of nitrogens with two attached hydrogens (primary N) is 1. The van der Waals surface area contributed by atoms with Gasteiger partial charge in [0.2, 0.25) is 0 Å². The molecule has 0 unspecified atom stereocenters. The van der Waals surface area contributed by atoms with Crippen molar-refractivity contribution in [2.45, 2.75) is 32.9 Å². The molecule has 0 atom stereocenters. The Bertz CT molecular complexity index is 304. The van der Waals surface area contributed by atoms with Crippen molar-refractivity contribution in [1.82, 2.24) is 4.90 Å². The first-order chi connectivity index (χ1) is 7.31. The highest BCUT2D eigenvalue weighted by Crippen LogP contribution is 2.30. The molecule has 0 aromatic carbocycles. The second-order valence-electron chi connectivity index (χ2n) is 4.40. The van der Waals surface area contributed by atoms with Gasteiger partial charge in [-0.05, 0) is 31.4 Å². The molecule has 84 valence electrons. The van der Waals surface area contributed by atoms with Crippen molar-refractivity contribution in [1.29, 1.82) is 0 Å². The molecule has 2 rings (SSSR count). The van der Waals surface area contributed by atoms with Crippen molar-refractivity contribution in [3.8, 4) is 0 Å². The third-order valence-corrected chi connectivity index (χ3v) is 2.98. The van der Waals surface area contributed by atoms with Crippen molar-refractivity contribution < 1.29 is 4.42 Å². The predicted octanol–water partition coefficient (Wildman–Crippen LogP) is 1.97. The fraction of sp³-hybridized carbons (Fsp3) is 0.667. The van der Waals surface area contributed by atoms with Gasteiger partial charge in [0.1, 0.15) is 5.76 Å². The lowest BCUT2D eigenvalue weighted by molar-refractivity contribution is 0.246. The van der Waals surface area contributed by atoms with Gasteiger partial charge in [0.25, 0.3) is 0 Å². The van der Waals surface area contributed by atoms with E-state index in [4.69, 9.17) is 10.2 Å². The van der Waals surface area contributed by atoms with E-state index in [-0.39, 0.29) is 0 Å². The number of hydrogen-bond donors (Lipinski definition) is 1. The normalized spacial score (nSPS) is 16.2. The van der Waals surface area contributed by atoms with Crippen molar-refractivity contribution >= 4 is 0 Å². The first kappa shape index (κ1) is 10.7. The third-order valence-electron chi connectivity index (χ3n) is 2.98. The summed E-state index contributed by atoms with van der Waals surface area (Å²) in [7, 11) is 0. The lowest BCUT2D eigenvalue weighted by Crippen LogP contribution is -2.24. The molecule has 1 aliphatic carbocycles. The molecule has 0 saturated heterocycles. The molecule has 0 aliphatic heterocycles. The summed E-state index contributed by atoms with van der Waals surface area (Å²) in [5, 5.41) is 0. The molecule has 0 amide bonds. The molecule has 0 radical (unpaired) electrons. The molecule has 2 N–H and O–H groups in total. The molecular weight excluding hydrogens is 188 g/mol. The molecule has 0 bridgehead atoms. The average molecular weight is 208 g/mol. The summed E-state index contributed by atoms with van der Waals surface area (Å²) in [5.74, 6) is 1.98. The maximum absolute atomic E-state index is 5.54.